The fraction of sp³-hybridized carbons (Fsp3) is 0.846. The van der Waals surface area contributed by atoms with Gasteiger partial charge in [-0.1, -0.05) is 50.2 Å². The number of rotatable bonds is 1. The second kappa shape index (κ2) is 8.05. The summed E-state index contributed by atoms with van der Waals surface area (Å²) in [6, 6.07) is 0. The van der Waals surface area contributed by atoms with E-state index in [1.807, 2.05) is 0 Å². The molecule has 0 aromatic heterocycles. The lowest BCUT2D eigenvalue weighted by atomic mass is 10.0. The first-order valence-corrected chi connectivity index (χ1v) is 6.31. The fourth-order valence-corrected chi connectivity index (χ4v) is 2.15. The van der Waals surface area contributed by atoms with Crippen LogP contribution in [0.1, 0.15) is 64.2 Å². The second-order valence-corrected chi connectivity index (χ2v) is 4.43. The van der Waals surface area contributed by atoms with E-state index in [4.69, 9.17) is 5.73 Å². The molecule has 0 aromatic rings. The van der Waals surface area contributed by atoms with E-state index in [-0.39, 0.29) is 0 Å². The molecular weight excluding hydrogens is 170 g/mol. The van der Waals surface area contributed by atoms with Gasteiger partial charge >= 0.3 is 0 Å². The number of hydrogen-bond acceptors (Lipinski definition) is 1. The minimum atomic E-state index is 0.778. The van der Waals surface area contributed by atoms with Crippen LogP contribution in [0.15, 0.2) is 11.6 Å². The Morgan fingerprint density at radius 1 is 0.857 bits per heavy atom. The largest absolute Gasteiger partial charge is 0.327 e. The lowest BCUT2D eigenvalue weighted by Crippen LogP contribution is -2.03. The number of allylic oxidation sites excluding steroid dienone is 1. The van der Waals surface area contributed by atoms with E-state index < -0.39 is 0 Å². The molecule has 0 unspecified atom stereocenters. The normalized spacial score (nSPS) is 25.6. The van der Waals surface area contributed by atoms with Crippen molar-refractivity contribution in [2.75, 3.05) is 6.54 Å². The van der Waals surface area contributed by atoms with Gasteiger partial charge in [-0.25, -0.2) is 0 Å². The summed E-state index contributed by atoms with van der Waals surface area (Å²) in [5, 5.41) is 0. The van der Waals surface area contributed by atoms with E-state index in [0.717, 1.165) is 6.54 Å². The van der Waals surface area contributed by atoms with E-state index in [1.54, 1.807) is 0 Å². The number of hydrogen-bond donors (Lipinski definition) is 1. The van der Waals surface area contributed by atoms with Crippen molar-refractivity contribution in [2.45, 2.75) is 64.2 Å². The van der Waals surface area contributed by atoms with Crippen LogP contribution in [0, 0.1) is 0 Å². The third kappa shape index (κ3) is 5.43. The molecular formula is C13H25N. The summed E-state index contributed by atoms with van der Waals surface area (Å²) >= 11 is 0. The van der Waals surface area contributed by atoms with E-state index in [0.29, 0.717) is 0 Å². The molecule has 0 saturated carbocycles. The molecule has 0 bridgehead atoms. The molecule has 0 aliphatic heterocycles. The Hall–Kier alpha value is -0.300. The van der Waals surface area contributed by atoms with Gasteiger partial charge in [0.05, 0.1) is 0 Å². The van der Waals surface area contributed by atoms with Crippen LogP contribution in [-0.4, -0.2) is 6.54 Å². The van der Waals surface area contributed by atoms with Crippen molar-refractivity contribution in [3.8, 4) is 0 Å². The molecule has 1 aliphatic rings. The van der Waals surface area contributed by atoms with Crippen LogP contribution < -0.4 is 5.73 Å². The van der Waals surface area contributed by atoms with Gasteiger partial charge in [0.15, 0.2) is 0 Å². The third-order valence-corrected chi connectivity index (χ3v) is 3.15. The zero-order chi connectivity index (χ0) is 10.1. The second-order valence-electron chi connectivity index (χ2n) is 4.43. The van der Waals surface area contributed by atoms with Gasteiger partial charge in [0, 0.05) is 6.54 Å². The molecule has 82 valence electrons. The third-order valence-electron chi connectivity index (χ3n) is 3.15. The molecule has 14 heavy (non-hydrogen) atoms. The summed E-state index contributed by atoms with van der Waals surface area (Å²) in [4.78, 5) is 0. The van der Waals surface area contributed by atoms with Crippen LogP contribution in [0.5, 0.6) is 0 Å². The van der Waals surface area contributed by atoms with Crippen LogP contribution in [0.4, 0.5) is 0 Å². The molecule has 2 N–H and O–H groups in total. The van der Waals surface area contributed by atoms with Crippen LogP contribution in [-0.2, 0) is 0 Å². The Kier molecular flexibility index (Phi) is 6.77. The van der Waals surface area contributed by atoms with Gasteiger partial charge in [0.25, 0.3) is 0 Å². The van der Waals surface area contributed by atoms with Gasteiger partial charge in [0.1, 0.15) is 0 Å². The Morgan fingerprint density at radius 3 is 2.07 bits per heavy atom. The molecule has 0 spiro atoms. The summed E-state index contributed by atoms with van der Waals surface area (Å²) in [5.41, 5.74) is 7.21. The standard InChI is InChI=1S/C13H25N/c14-12-13-10-8-6-4-2-1-3-5-7-9-11-13/h10H,1-9,11-12,14H2/b13-10+. The molecule has 1 rings (SSSR count). The summed E-state index contributed by atoms with van der Waals surface area (Å²) in [6.07, 6.45) is 16.2. The van der Waals surface area contributed by atoms with Crippen molar-refractivity contribution in [3.63, 3.8) is 0 Å². The summed E-state index contributed by atoms with van der Waals surface area (Å²) in [5.74, 6) is 0. The summed E-state index contributed by atoms with van der Waals surface area (Å²) in [7, 11) is 0. The average molecular weight is 195 g/mol. The topological polar surface area (TPSA) is 26.0 Å². The molecule has 1 nitrogen and oxygen atoms in total. The first kappa shape index (κ1) is 11.8. The Labute approximate surface area is 88.8 Å². The number of nitrogens with two attached hydrogens (primary N) is 1. The molecule has 0 amide bonds. The minimum Gasteiger partial charge on any atom is -0.327 e. The van der Waals surface area contributed by atoms with Gasteiger partial charge < -0.3 is 5.73 Å². The average Bonchev–Trinajstić information content (AvgIpc) is 2.19. The quantitative estimate of drug-likeness (QED) is 0.633. The SMILES string of the molecule is NC/C1=C/CCCCCCCCCC1. The molecule has 0 saturated heterocycles. The summed E-state index contributed by atoms with van der Waals surface area (Å²) < 4.78 is 0. The molecule has 0 aromatic carbocycles. The lowest BCUT2D eigenvalue weighted by Gasteiger charge is -2.07. The monoisotopic (exact) mass is 195 g/mol. The highest BCUT2D eigenvalue weighted by Crippen LogP contribution is 2.15. The zero-order valence-electron chi connectivity index (χ0n) is 9.43. The minimum absolute atomic E-state index is 0.778. The van der Waals surface area contributed by atoms with Gasteiger partial charge in [-0.2, -0.15) is 0 Å². The Bertz CT molecular complexity index is 161. The highest BCUT2D eigenvalue weighted by atomic mass is 14.5. The fourth-order valence-electron chi connectivity index (χ4n) is 2.15. The lowest BCUT2D eigenvalue weighted by molar-refractivity contribution is 0.561. The Morgan fingerprint density at radius 2 is 1.43 bits per heavy atom. The van der Waals surface area contributed by atoms with E-state index in [1.165, 1.54) is 69.8 Å². The van der Waals surface area contributed by atoms with Crippen molar-refractivity contribution in [1.82, 2.24) is 0 Å². The molecule has 1 aliphatic carbocycles. The predicted molar refractivity (Wildman–Crippen MR) is 63.3 cm³/mol. The maximum atomic E-state index is 5.72. The zero-order valence-corrected chi connectivity index (χ0v) is 9.43. The van der Waals surface area contributed by atoms with Crippen LogP contribution >= 0.6 is 0 Å². The predicted octanol–water partition coefficient (Wildman–Crippen LogP) is 3.79. The van der Waals surface area contributed by atoms with Gasteiger partial charge in [-0.3, -0.25) is 0 Å². The van der Waals surface area contributed by atoms with Crippen molar-refractivity contribution in [2.24, 2.45) is 5.73 Å². The highest BCUT2D eigenvalue weighted by molar-refractivity contribution is 5.03. The van der Waals surface area contributed by atoms with E-state index >= 15 is 0 Å². The van der Waals surface area contributed by atoms with Crippen molar-refractivity contribution in [1.29, 1.82) is 0 Å². The van der Waals surface area contributed by atoms with E-state index in [9.17, 15) is 0 Å². The van der Waals surface area contributed by atoms with Crippen molar-refractivity contribution in [3.05, 3.63) is 11.6 Å². The van der Waals surface area contributed by atoms with Crippen LogP contribution in [0.3, 0.4) is 0 Å². The van der Waals surface area contributed by atoms with Crippen molar-refractivity contribution >= 4 is 0 Å². The maximum absolute atomic E-state index is 5.72. The summed E-state index contributed by atoms with van der Waals surface area (Å²) in [6.45, 7) is 0.778. The highest BCUT2D eigenvalue weighted by Gasteiger charge is 1.98. The van der Waals surface area contributed by atoms with Crippen molar-refractivity contribution < 1.29 is 0 Å². The van der Waals surface area contributed by atoms with Gasteiger partial charge in [0.2, 0.25) is 0 Å². The molecule has 0 atom stereocenters. The molecule has 0 fully saturated rings. The molecule has 0 heterocycles. The smallest absolute Gasteiger partial charge is 0.0136 e. The van der Waals surface area contributed by atoms with Crippen LogP contribution in [0.25, 0.3) is 0 Å². The Balaban J connectivity index is 2.29. The van der Waals surface area contributed by atoms with E-state index in [2.05, 4.69) is 6.08 Å². The van der Waals surface area contributed by atoms with Gasteiger partial charge in [-0.15, -0.1) is 0 Å². The molecule has 0 radical (unpaired) electrons. The van der Waals surface area contributed by atoms with Crippen LogP contribution in [0.2, 0.25) is 0 Å². The maximum Gasteiger partial charge on any atom is 0.0136 e. The first-order valence-electron chi connectivity index (χ1n) is 6.31. The first-order chi connectivity index (χ1) is 6.93. The van der Waals surface area contributed by atoms with Gasteiger partial charge in [-0.05, 0) is 25.7 Å². The molecule has 1 heteroatoms.